The molecule has 27 heavy (non-hydrogen) atoms. The second kappa shape index (κ2) is 11.9. The van der Waals surface area contributed by atoms with Gasteiger partial charge in [-0.25, -0.2) is 4.98 Å². The SMILES string of the molecule is CCCCCCCCCC(=O)Nc1nc(-c2ccc(CC(C)C)cc2)cs1. The molecule has 0 unspecified atom stereocenters. The fourth-order valence-electron chi connectivity index (χ4n) is 3.17. The molecule has 0 saturated carbocycles. The average Bonchev–Trinajstić information content (AvgIpc) is 3.09. The highest BCUT2D eigenvalue weighted by molar-refractivity contribution is 7.14. The predicted octanol–water partition coefficient (Wildman–Crippen LogP) is 7.09. The molecule has 0 fully saturated rings. The van der Waals surface area contributed by atoms with Crippen LogP contribution in [-0.2, 0) is 11.2 Å². The first-order valence-corrected chi connectivity index (χ1v) is 11.3. The minimum atomic E-state index is 0.0803. The van der Waals surface area contributed by atoms with Gasteiger partial charge in [0, 0.05) is 17.4 Å². The Balaban J connectivity index is 1.74. The minimum Gasteiger partial charge on any atom is -0.302 e. The lowest BCUT2D eigenvalue weighted by Crippen LogP contribution is -2.10. The lowest BCUT2D eigenvalue weighted by atomic mass is 10.0. The molecule has 4 heteroatoms. The number of carbonyl (C=O) groups excluding carboxylic acids is 1. The average molecular weight is 387 g/mol. The highest BCUT2D eigenvalue weighted by Gasteiger charge is 2.08. The third-order valence-corrected chi connectivity index (χ3v) is 5.41. The summed E-state index contributed by atoms with van der Waals surface area (Å²) < 4.78 is 0. The molecule has 0 saturated heterocycles. The van der Waals surface area contributed by atoms with E-state index < -0.39 is 0 Å². The van der Waals surface area contributed by atoms with Gasteiger partial charge in [-0.15, -0.1) is 11.3 Å². The standard InChI is InChI=1S/C23H34N2OS/c1-4-5-6-7-8-9-10-11-22(26)25-23-24-21(17-27-23)20-14-12-19(13-15-20)16-18(2)3/h12-15,17-18H,4-11,16H2,1-3H3,(H,24,25,26). The number of rotatable bonds is 12. The molecule has 0 aliphatic heterocycles. The summed E-state index contributed by atoms with van der Waals surface area (Å²) in [5.41, 5.74) is 3.39. The molecule has 1 amide bonds. The van der Waals surface area contributed by atoms with Gasteiger partial charge in [-0.2, -0.15) is 0 Å². The second-order valence-corrected chi connectivity index (χ2v) is 8.61. The van der Waals surface area contributed by atoms with Crippen molar-refractivity contribution >= 4 is 22.4 Å². The Labute approximate surface area is 168 Å². The van der Waals surface area contributed by atoms with E-state index in [0.29, 0.717) is 17.5 Å². The van der Waals surface area contributed by atoms with Gasteiger partial charge < -0.3 is 5.32 Å². The van der Waals surface area contributed by atoms with E-state index in [-0.39, 0.29) is 5.91 Å². The van der Waals surface area contributed by atoms with Crippen molar-refractivity contribution in [1.29, 1.82) is 0 Å². The second-order valence-electron chi connectivity index (χ2n) is 7.75. The maximum Gasteiger partial charge on any atom is 0.226 e. The van der Waals surface area contributed by atoms with E-state index in [1.807, 2.05) is 5.38 Å². The van der Waals surface area contributed by atoms with Crippen molar-refractivity contribution in [3.05, 3.63) is 35.2 Å². The zero-order chi connectivity index (χ0) is 19.5. The smallest absolute Gasteiger partial charge is 0.226 e. The summed E-state index contributed by atoms with van der Waals surface area (Å²) in [5.74, 6) is 0.741. The van der Waals surface area contributed by atoms with E-state index in [1.165, 1.54) is 49.0 Å². The van der Waals surface area contributed by atoms with Crippen molar-refractivity contribution in [2.75, 3.05) is 5.32 Å². The first kappa shape index (κ1) is 21.6. The molecule has 1 aromatic heterocycles. The number of anilines is 1. The lowest BCUT2D eigenvalue weighted by molar-refractivity contribution is -0.116. The number of thiazole rings is 1. The molecule has 1 aromatic carbocycles. The fraction of sp³-hybridized carbons (Fsp3) is 0.565. The number of aromatic nitrogens is 1. The molecule has 0 aliphatic carbocycles. The van der Waals surface area contributed by atoms with Gasteiger partial charge in [-0.05, 0) is 24.3 Å². The predicted molar refractivity (Wildman–Crippen MR) is 117 cm³/mol. The molecule has 1 N–H and O–H groups in total. The molecular formula is C23H34N2OS. The summed E-state index contributed by atoms with van der Waals surface area (Å²) in [5, 5.41) is 5.66. The van der Waals surface area contributed by atoms with Crippen LogP contribution in [0.15, 0.2) is 29.6 Å². The third-order valence-electron chi connectivity index (χ3n) is 4.65. The minimum absolute atomic E-state index is 0.0803. The Morgan fingerprint density at radius 2 is 1.70 bits per heavy atom. The van der Waals surface area contributed by atoms with Gasteiger partial charge in [0.1, 0.15) is 0 Å². The van der Waals surface area contributed by atoms with Crippen molar-refractivity contribution in [3.8, 4) is 11.3 Å². The zero-order valence-corrected chi connectivity index (χ0v) is 17.9. The molecule has 0 bridgehead atoms. The molecule has 3 nitrogen and oxygen atoms in total. The Bertz CT molecular complexity index is 676. The Morgan fingerprint density at radius 1 is 1.04 bits per heavy atom. The Morgan fingerprint density at radius 3 is 2.37 bits per heavy atom. The number of hydrogen-bond donors (Lipinski definition) is 1. The maximum atomic E-state index is 12.1. The van der Waals surface area contributed by atoms with Crippen molar-refractivity contribution < 1.29 is 4.79 Å². The molecular weight excluding hydrogens is 352 g/mol. The molecule has 1 heterocycles. The van der Waals surface area contributed by atoms with Crippen molar-refractivity contribution in [2.24, 2.45) is 5.92 Å². The van der Waals surface area contributed by atoms with E-state index in [1.54, 1.807) is 0 Å². The Kier molecular flexibility index (Phi) is 9.54. The van der Waals surface area contributed by atoms with Gasteiger partial charge in [-0.1, -0.05) is 83.6 Å². The normalized spacial score (nSPS) is 11.1. The van der Waals surface area contributed by atoms with Crippen LogP contribution in [-0.4, -0.2) is 10.9 Å². The van der Waals surface area contributed by atoms with Gasteiger partial charge in [-0.3, -0.25) is 4.79 Å². The summed E-state index contributed by atoms with van der Waals surface area (Å²) >= 11 is 1.50. The molecule has 148 valence electrons. The quantitative estimate of drug-likeness (QED) is 0.396. The number of nitrogens with one attached hydrogen (secondary N) is 1. The van der Waals surface area contributed by atoms with Crippen LogP contribution in [0.5, 0.6) is 0 Å². The molecule has 0 spiro atoms. The first-order chi connectivity index (χ1) is 13.1. The first-order valence-electron chi connectivity index (χ1n) is 10.4. The van der Waals surface area contributed by atoms with Crippen LogP contribution in [0.2, 0.25) is 0 Å². The third kappa shape index (κ3) is 8.25. The monoisotopic (exact) mass is 386 g/mol. The van der Waals surface area contributed by atoms with Gasteiger partial charge in [0.05, 0.1) is 5.69 Å². The van der Waals surface area contributed by atoms with Crippen molar-refractivity contribution in [1.82, 2.24) is 4.98 Å². The Hall–Kier alpha value is -1.68. The zero-order valence-electron chi connectivity index (χ0n) is 17.1. The number of unbranched alkanes of at least 4 members (excludes halogenated alkanes) is 6. The summed E-state index contributed by atoms with van der Waals surface area (Å²) in [6, 6.07) is 8.59. The number of hydrogen-bond acceptors (Lipinski definition) is 3. The topological polar surface area (TPSA) is 42.0 Å². The summed E-state index contributed by atoms with van der Waals surface area (Å²) in [6.45, 7) is 6.70. The van der Waals surface area contributed by atoms with Crippen LogP contribution in [0.4, 0.5) is 5.13 Å². The van der Waals surface area contributed by atoms with Gasteiger partial charge in [0.25, 0.3) is 0 Å². The fourth-order valence-corrected chi connectivity index (χ4v) is 3.91. The lowest BCUT2D eigenvalue weighted by Gasteiger charge is -2.05. The van der Waals surface area contributed by atoms with Gasteiger partial charge >= 0.3 is 0 Å². The number of benzene rings is 1. The van der Waals surface area contributed by atoms with Crippen LogP contribution >= 0.6 is 11.3 Å². The molecule has 0 atom stereocenters. The largest absolute Gasteiger partial charge is 0.302 e. The maximum absolute atomic E-state index is 12.1. The van der Waals surface area contributed by atoms with E-state index in [0.717, 1.165) is 30.5 Å². The summed E-state index contributed by atoms with van der Waals surface area (Å²) in [6.07, 6.45) is 10.2. The molecule has 2 aromatic rings. The molecule has 0 radical (unpaired) electrons. The van der Waals surface area contributed by atoms with E-state index in [4.69, 9.17) is 0 Å². The summed E-state index contributed by atoms with van der Waals surface area (Å²) in [4.78, 5) is 16.7. The van der Waals surface area contributed by atoms with Crippen LogP contribution in [0.3, 0.4) is 0 Å². The van der Waals surface area contributed by atoms with Crippen molar-refractivity contribution in [2.45, 2.75) is 78.6 Å². The van der Waals surface area contributed by atoms with Crippen molar-refractivity contribution in [3.63, 3.8) is 0 Å². The van der Waals surface area contributed by atoms with Crippen LogP contribution in [0.25, 0.3) is 11.3 Å². The number of nitrogens with zero attached hydrogens (tertiary/aromatic N) is 1. The highest BCUT2D eigenvalue weighted by atomic mass is 32.1. The highest BCUT2D eigenvalue weighted by Crippen LogP contribution is 2.25. The molecule has 0 aliphatic rings. The van der Waals surface area contributed by atoms with E-state index in [2.05, 4.69) is 55.3 Å². The van der Waals surface area contributed by atoms with E-state index >= 15 is 0 Å². The van der Waals surface area contributed by atoms with Gasteiger partial charge in [0.15, 0.2) is 5.13 Å². The van der Waals surface area contributed by atoms with Crippen LogP contribution in [0.1, 0.15) is 77.7 Å². The number of amides is 1. The van der Waals surface area contributed by atoms with E-state index in [9.17, 15) is 4.79 Å². The molecule has 2 rings (SSSR count). The van der Waals surface area contributed by atoms with Gasteiger partial charge in [0.2, 0.25) is 5.91 Å². The summed E-state index contributed by atoms with van der Waals surface area (Å²) in [7, 11) is 0. The van der Waals surface area contributed by atoms with Crippen LogP contribution in [0, 0.1) is 5.92 Å². The number of carbonyl (C=O) groups is 1. The van der Waals surface area contributed by atoms with Crippen LogP contribution < -0.4 is 5.32 Å².